The van der Waals surface area contributed by atoms with Gasteiger partial charge in [-0.1, -0.05) is 28.1 Å². The van der Waals surface area contributed by atoms with Gasteiger partial charge in [-0.25, -0.2) is 4.98 Å². The molecule has 1 aliphatic heterocycles. The maximum absolute atomic E-state index is 12.4. The number of carbonyl (C=O) groups is 1. The van der Waals surface area contributed by atoms with Crippen molar-refractivity contribution in [2.75, 3.05) is 31.8 Å². The molecule has 1 atom stereocenters. The van der Waals surface area contributed by atoms with Crippen LogP contribution in [0.1, 0.15) is 12.8 Å². The molecule has 3 rings (SSSR count). The van der Waals surface area contributed by atoms with Crippen LogP contribution in [-0.2, 0) is 14.3 Å². The number of methoxy groups -OCH3 is 1. The van der Waals surface area contributed by atoms with Crippen LogP contribution < -0.4 is 4.90 Å². The normalized spacial score (nSPS) is 17.2. The average Bonchev–Trinajstić information content (AvgIpc) is 3.25. The van der Waals surface area contributed by atoms with E-state index in [1.54, 1.807) is 4.90 Å². The first-order chi connectivity index (χ1) is 11.7. The predicted octanol–water partition coefficient (Wildman–Crippen LogP) is 3.73. The first kappa shape index (κ1) is 17.5. The van der Waals surface area contributed by atoms with Crippen LogP contribution in [0, 0.1) is 0 Å². The number of benzene rings is 1. The molecule has 0 saturated carbocycles. The van der Waals surface area contributed by atoms with Gasteiger partial charge in [0.2, 0.25) is 0 Å². The third kappa shape index (κ3) is 4.22. The Kier molecular flexibility index (Phi) is 5.99. The summed E-state index contributed by atoms with van der Waals surface area (Å²) in [6.07, 6.45) is 2.09. The number of nitrogens with zero attached hydrogens (tertiary/aromatic N) is 2. The molecule has 0 aliphatic carbocycles. The van der Waals surface area contributed by atoms with Crippen LogP contribution in [0.4, 0.5) is 5.13 Å². The highest BCUT2D eigenvalue weighted by Crippen LogP contribution is 2.29. The topological polar surface area (TPSA) is 51.7 Å². The monoisotopic (exact) mass is 410 g/mol. The van der Waals surface area contributed by atoms with Gasteiger partial charge in [0.1, 0.15) is 6.61 Å². The maximum atomic E-state index is 12.4. The lowest BCUT2D eigenvalue weighted by Gasteiger charge is -2.22. The van der Waals surface area contributed by atoms with Crippen LogP contribution in [0.5, 0.6) is 0 Å². The minimum Gasteiger partial charge on any atom is -0.376 e. The summed E-state index contributed by atoms with van der Waals surface area (Å²) in [5, 5.41) is 2.66. The standard InChI is InChI=1S/C17H19BrN2O3S/c1-22-10-16(21)20(9-14-3-2-8-23-14)17-19-15(11-24-17)12-4-6-13(18)7-5-12/h4-7,11,14H,2-3,8-10H2,1H3. The van der Waals surface area contributed by atoms with Crippen molar-refractivity contribution >= 4 is 38.3 Å². The molecule has 1 fully saturated rings. The highest BCUT2D eigenvalue weighted by Gasteiger charge is 2.25. The Bertz CT molecular complexity index is 683. The lowest BCUT2D eigenvalue weighted by Crippen LogP contribution is -2.39. The van der Waals surface area contributed by atoms with Gasteiger partial charge in [0.05, 0.1) is 18.3 Å². The summed E-state index contributed by atoms with van der Waals surface area (Å²) in [6.45, 7) is 1.33. The highest BCUT2D eigenvalue weighted by atomic mass is 79.9. The van der Waals surface area contributed by atoms with Crippen molar-refractivity contribution in [2.45, 2.75) is 18.9 Å². The minimum atomic E-state index is -0.0929. The largest absolute Gasteiger partial charge is 0.376 e. The highest BCUT2D eigenvalue weighted by molar-refractivity contribution is 9.10. The first-order valence-corrected chi connectivity index (χ1v) is 9.47. The number of rotatable bonds is 6. The smallest absolute Gasteiger partial charge is 0.254 e. The van der Waals surface area contributed by atoms with Crippen molar-refractivity contribution in [1.29, 1.82) is 0 Å². The number of hydrogen-bond acceptors (Lipinski definition) is 5. The van der Waals surface area contributed by atoms with E-state index in [-0.39, 0.29) is 18.6 Å². The molecule has 2 aromatic rings. The van der Waals surface area contributed by atoms with Crippen LogP contribution in [0.2, 0.25) is 0 Å². The number of halogens is 1. The van der Waals surface area contributed by atoms with Gasteiger partial charge in [0, 0.05) is 29.1 Å². The van der Waals surface area contributed by atoms with E-state index in [0.29, 0.717) is 11.7 Å². The van der Waals surface area contributed by atoms with E-state index in [1.165, 1.54) is 18.4 Å². The molecule has 0 N–H and O–H groups in total. The summed E-state index contributed by atoms with van der Waals surface area (Å²) in [5.74, 6) is -0.0929. The van der Waals surface area contributed by atoms with Gasteiger partial charge >= 0.3 is 0 Å². The second-order valence-corrected chi connectivity index (χ2v) is 7.35. The Balaban J connectivity index is 1.81. The van der Waals surface area contributed by atoms with Crippen molar-refractivity contribution in [1.82, 2.24) is 4.98 Å². The molecule has 1 amide bonds. The van der Waals surface area contributed by atoms with Crippen molar-refractivity contribution in [3.05, 3.63) is 34.1 Å². The van der Waals surface area contributed by atoms with Gasteiger partial charge in [-0.15, -0.1) is 11.3 Å². The zero-order valence-corrected chi connectivity index (χ0v) is 15.8. The van der Waals surface area contributed by atoms with E-state index in [1.807, 2.05) is 29.6 Å². The molecule has 0 radical (unpaired) electrons. The third-order valence-corrected chi connectivity index (χ3v) is 5.23. The van der Waals surface area contributed by atoms with Crippen molar-refractivity contribution in [2.24, 2.45) is 0 Å². The molecule has 24 heavy (non-hydrogen) atoms. The molecule has 5 nitrogen and oxygen atoms in total. The van der Waals surface area contributed by atoms with E-state index in [9.17, 15) is 4.79 Å². The molecule has 2 heterocycles. The third-order valence-electron chi connectivity index (χ3n) is 3.84. The van der Waals surface area contributed by atoms with E-state index in [0.717, 1.165) is 35.2 Å². The van der Waals surface area contributed by atoms with Crippen molar-refractivity contribution < 1.29 is 14.3 Å². The molecule has 1 saturated heterocycles. The molecule has 128 valence electrons. The molecule has 0 spiro atoms. The quantitative estimate of drug-likeness (QED) is 0.727. The summed E-state index contributed by atoms with van der Waals surface area (Å²) in [7, 11) is 1.53. The molecule has 1 aromatic carbocycles. The van der Waals surface area contributed by atoms with Crippen LogP contribution in [0.15, 0.2) is 34.1 Å². The molecule has 1 unspecified atom stereocenters. The van der Waals surface area contributed by atoms with E-state index < -0.39 is 0 Å². The number of anilines is 1. The molecular weight excluding hydrogens is 392 g/mol. The van der Waals surface area contributed by atoms with Gasteiger partial charge in [-0.05, 0) is 25.0 Å². The van der Waals surface area contributed by atoms with E-state index >= 15 is 0 Å². The molecule has 1 aromatic heterocycles. The molecular formula is C17H19BrN2O3S. The number of carbonyl (C=O) groups excluding carboxylic acids is 1. The van der Waals surface area contributed by atoms with Gasteiger partial charge in [-0.2, -0.15) is 0 Å². The number of aromatic nitrogens is 1. The van der Waals surface area contributed by atoms with E-state index in [4.69, 9.17) is 9.47 Å². The van der Waals surface area contributed by atoms with Crippen molar-refractivity contribution in [3.8, 4) is 11.3 Å². The van der Waals surface area contributed by atoms with Crippen LogP contribution in [-0.4, -0.2) is 43.9 Å². The Morgan fingerprint density at radius 3 is 2.92 bits per heavy atom. The summed E-state index contributed by atoms with van der Waals surface area (Å²) in [4.78, 5) is 18.8. The second-order valence-electron chi connectivity index (χ2n) is 5.59. The Morgan fingerprint density at radius 2 is 2.25 bits per heavy atom. The second kappa shape index (κ2) is 8.20. The Morgan fingerprint density at radius 1 is 1.46 bits per heavy atom. The molecule has 1 aliphatic rings. The Labute approximate surface area is 153 Å². The van der Waals surface area contributed by atoms with Gasteiger partial charge in [0.25, 0.3) is 5.91 Å². The van der Waals surface area contributed by atoms with Crippen molar-refractivity contribution in [3.63, 3.8) is 0 Å². The number of ether oxygens (including phenoxy) is 2. The lowest BCUT2D eigenvalue weighted by molar-refractivity contribution is -0.122. The lowest BCUT2D eigenvalue weighted by atomic mass is 10.2. The van der Waals surface area contributed by atoms with Gasteiger partial charge in [0.15, 0.2) is 5.13 Å². The van der Waals surface area contributed by atoms with Crippen LogP contribution in [0.3, 0.4) is 0 Å². The van der Waals surface area contributed by atoms with Crippen LogP contribution in [0.25, 0.3) is 11.3 Å². The number of amides is 1. The SMILES string of the molecule is COCC(=O)N(CC1CCCO1)c1nc(-c2ccc(Br)cc2)cs1. The fourth-order valence-corrected chi connectivity index (χ4v) is 3.75. The fraction of sp³-hybridized carbons (Fsp3) is 0.412. The molecule has 0 bridgehead atoms. The fourth-order valence-electron chi connectivity index (χ4n) is 2.62. The molecule has 7 heteroatoms. The average molecular weight is 411 g/mol. The van der Waals surface area contributed by atoms with Gasteiger partial charge < -0.3 is 9.47 Å². The van der Waals surface area contributed by atoms with E-state index in [2.05, 4.69) is 20.9 Å². The summed E-state index contributed by atoms with van der Waals surface area (Å²) < 4.78 is 11.7. The minimum absolute atomic E-state index is 0.0416. The first-order valence-electron chi connectivity index (χ1n) is 7.79. The predicted molar refractivity (Wildman–Crippen MR) is 98.5 cm³/mol. The van der Waals surface area contributed by atoms with Crippen LogP contribution >= 0.6 is 27.3 Å². The summed E-state index contributed by atoms with van der Waals surface area (Å²) in [5.41, 5.74) is 1.89. The Hall–Kier alpha value is -1.28. The zero-order valence-electron chi connectivity index (χ0n) is 13.4. The van der Waals surface area contributed by atoms with Gasteiger partial charge in [-0.3, -0.25) is 9.69 Å². The number of hydrogen-bond donors (Lipinski definition) is 0. The number of thiazole rings is 1. The zero-order chi connectivity index (χ0) is 16.9. The summed E-state index contributed by atoms with van der Waals surface area (Å²) >= 11 is 4.90. The maximum Gasteiger partial charge on any atom is 0.254 e. The summed E-state index contributed by atoms with van der Waals surface area (Å²) in [6, 6.07) is 7.97.